The molecule has 0 bridgehead atoms. The second-order valence-electron chi connectivity index (χ2n) is 4.10. The third-order valence-corrected chi connectivity index (χ3v) is 4.71. The molecule has 0 saturated carbocycles. The fourth-order valence-electron chi connectivity index (χ4n) is 2.12. The maximum Gasteiger partial charge on any atom is 0.0578 e. The van der Waals surface area contributed by atoms with Gasteiger partial charge in [-0.2, -0.15) is 11.8 Å². The zero-order valence-electron chi connectivity index (χ0n) is 9.16. The van der Waals surface area contributed by atoms with Crippen molar-refractivity contribution in [3.05, 3.63) is 34.9 Å². The van der Waals surface area contributed by atoms with Crippen LogP contribution in [0.2, 0.25) is 5.02 Å². The average Bonchev–Trinajstić information content (AvgIpc) is 2.34. The molecule has 3 N–H and O–H groups in total. The average molecular weight is 257 g/mol. The van der Waals surface area contributed by atoms with E-state index in [1.54, 1.807) is 0 Å². The Hall–Kier alpha value is -0.220. The van der Waals surface area contributed by atoms with Crippen molar-refractivity contribution in [2.75, 3.05) is 5.75 Å². The second kappa shape index (κ2) is 5.92. The first kappa shape index (κ1) is 12.2. The number of nitrogens with one attached hydrogen (secondary N) is 1. The fourth-order valence-corrected chi connectivity index (χ4v) is 3.68. The predicted octanol–water partition coefficient (Wildman–Crippen LogP) is 3.13. The van der Waals surface area contributed by atoms with Crippen molar-refractivity contribution in [3.63, 3.8) is 0 Å². The van der Waals surface area contributed by atoms with Gasteiger partial charge in [0.25, 0.3) is 0 Å². The van der Waals surface area contributed by atoms with E-state index in [0.29, 0.717) is 5.25 Å². The van der Waals surface area contributed by atoms with Crippen LogP contribution in [0.25, 0.3) is 0 Å². The molecule has 0 spiro atoms. The van der Waals surface area contributed by atoms with Crippen molar-refractivity contribution >= 4 is 23.4 Å². The highest BCUT2D eigenvalue weighted by Crippen LogP contribution is 2.34. The van der Waals surface area contributed by atoms with Crippen molar-refractivity contribution in [2.45, 2.75) is 30.6 Å². The first-order valence-electron chi connectivity index (χ1n) is 5.64. The summed E-state index contributed by atoms with van der Waals surface area (Å²) in [5.74, 6) is 6.92. The second-order valence-corrected chi connectivity index (χ2v) is 5.88. The van der Waals surface area contributed by atoms with Crippen LogP contribution in [0.4, 0.5) is 0 Å². The number of hydrogen-bond acceptors (Lipinski definition) is 3. The predicted molar refractivity (Wildman–Crippen MR) is 71.6 cm³/mol. The number of benzene rings is 1. The highest BCUT2D eigenvalue weighted by atomic mass is 35.5. The van der Waals surface area contributed by atoms with Crippen LogP contribution in [0.1, 0.15) is 30.9 Å². The van der Waals surface area contributed by atoms with Crippen molar-refractivity contribution in [1.29, 1.82) is 0 Å². The van der Waals surface area contributed by atoms with Gasteiger partial charge in [-0.1, -0.05) is 30.2 Å². The van der Waals surface area contributed by atoms with Gasteiger partial charge in [0.2, 0.25) is 0 Å². The van der Waals surface area contributed by atoms with Crippen molar-refractivity contribution in [2.24, 2.45) is 5.84 Å². The number of halogens is 1. The number of rotatable bonds is 3. The Morgan fingerprint density at radius 1 is 1.31 bits per heavy atom. The van der Waals surface area contributed by atoms with Crippen molar-refractivity contribution in [1.82, 2.24) is 5.43 Å². The Morgan fingerprint density at radius 2 is 2.06 bits per heavy atom. The zero-order valence-corrected chi connectivity index (χ0v) is 10.7. The molecule has 2 nitrogen and oxygen atoms in total. The topological polar surface area (TPSA) is 38.0 Å². The molecule has 88 valence electrons. The Morgan fingerprint density at radius 3 is 2.62 bits per heavy atom. The van der Waals surface area contributed by atoms with E-state index in [4.69, 9.17) is 17.4 Å². The standard InChI is InChI=1S/C12H17ClN2S/c13-10-6-4-9(5-7-10)12(15-14)11-3-1-2-8-16-11/h4-7,11-12,15H,1-3,8,14H2. The molecule has 1 aromatic carbocycles. The first-order chi connectivity index (χ1) is 7.81. The lowest BCUT2D eigenvalue weighted by Gasteiger charge is -2.29. The van der Waals surface area contributed by atoms with Crippen LogP contribution in [0.3, 0.4) is 0 Å². The monoisotopic (exact) mass is 256 g/mol. The van der Waals surface area contributed by atoms with Crippen LogP contribution >= 0.6 is 23.4 Å². The highest BCUT2D eigenvalue weighted by molar-refractivity contribution is 8.00. The lowest BCUT2D eigenvalue weighted by molar-refractivity contribution is 0.492. The summed E-state index contributed by atoms with van der Waals surface area (Å²) in [6.45, 7) is 0. The Balaban J connectivity index is 2.11. The quantitative estimate of drug-likeness (QED) is 0.645. The van der Waals surface area contributed by atoms with E-state index in [9.17, 15) is 0 Å². The number of hydrazine groups is 1. The zero-order chi connectivity index (χ0) is 11.4. The Labute approximate surface area is 106 Å². The van der Waals surface area contributed by atoms with Gasteiger partial charge in [-0.25, -0.2) is 0 Å². The van der Waals surface area contributed by atoms with Gasteiger partial charge in [0.15, 0.2) is 0 Å². The van der Waals surface area contributed by atoms with Crippen LogP contribution in [0.5, 0.6) is 0 Å². The minimum atomic E-state index is 0.238. The molecule has 2 rings (SSSR count). The van der Waals surface area contributed by atoms with Crippen LogP contribution in [0, 0.1) is 0 Å². The molecule has 2 unspecified atom stereocenters. The Bertz CT molecular complexity index is 322. The number of hydrogen-bond donors (Lipinski definition) is 2. The lowest BCUT2D eigenvalue weighted by Crippen LogP contribution is -2.36. The van der Waals surface area contributed by atoms with E-state index in [1.807, 2.05) is 23.9 Å². The largest absolute Gasteiger partial charge is 0.271 e. The summed E-state index contributed by atoms with van der Waals surface area (Å²) in [6.07, 6.45) is 3.88. The van der Waals surface area contributed by atoms with Gasteiger partial charge in [0.05, 0.1) is 6.04 Å². The molecule has 1 aliphatic heterocycles. The summed E-state index contributed by atoms with van der Waals surface area (Å²) < 4.78 is 0. The lowest BCUT2D eigenvalue weighted by atomic mass is 10.00. The summed E-state index contributed by atoms with van der Waals surface area (Å²) in [5.41, 5.74) is 4.17. The van der Waals surface area contributed by atoms with E-state index in [-0.39, 0.29) is 6.04 Å². The molecule has 1 heterocycles. The Kier molecular flexibility index (Phi) is 4.53. The third kappa shape index (κ3) is 2.92. The molecule has 0 aromatic heterocycles. The minimum Gasteiger partial charge on any atom is -0.271 e. The molecule has 0 aliphatic carbocycles. The summed E-state index contributed by atoms with van der Waals surface area (Å²) in [7, 11) is 0. The molecular weight excluding hydrogens is 240 g/mol. The normalized spacial score (nSPS) is 23.0. The molecular formula is C12H17ClN2S. The van der Waals surface area contributed by atoms with E-state index in [1.165, 1.54) is 30.6 Å². The smallest absolute Gasteiger partial charge is 0.0578 e. The summed E-state index contributed by atoms with van der Waals surface area (Å²) in [4.78, 5) is 0. The molecule has 1 saturated heterocycles. The van der Waals surface area contributed by atoms with Crippen LogP contribution in [0.15, 0.2) is 24.3 Å². The van der Waals surface area contributed by atoms with Crippen LogP contribution in [-0.2, 0) is 0 Å². The molecule has 1 aromatic rings. The maximum absolute atomic E-state index is 5.89. The van der Waals surface area contributed by atoms with Gasteiger partial charge >= 0.3 is 0 Å². The molecule has 1 aliphatic rings. The molecule has 1 fully saturated rings. The highest BCUT2D eigenvalue weighted by Gasteiger charge is 2.24. The van der Waals surface area contributed by atoms with E-state index in [2.05, 4.69) is 17.6 Å². The number of thioether (sulfide) groups is 1. The maximum atomic E-state index is 5.89. The van der Waals surface area contributed by atoms with Crippen LogP contribution in [-0.4, -0.2) is 11.0 Å². The minimum absolute atomic E-state index is 0.238. The SMILES string of the molecule is NNC(c1ccc(Cl)cc1)C1CCCCS1. The fraction of sp³-hybridized carbons (Fsp3) is 0.500. The third-order valence-electron chi connectivity index (χ3n) is 3.00. The molecule has 4 heteroatoms. The van der Waals surface area contributed by atoms with E-state index < -0.39 is 0 Å². The molecule has 0 radical (unpaired) electrons. The summed E-state index contributed by atoms with van der Waals surface area (Å²) in [5, 5.41) is 1.36. The van der Waals surface area contributed by atoms with E-state index >= 15 is 0 Å². The molecule has 16 heavy (non-hydrogen) atoms. The first-order valence-corrected chi connectivity index (χ1v) is 7.07. The molecule has 2 atom stereocenters. The van der Waals surface area contributed by atoms with E-state index in [0.717, 1.165) is 5.02 Å². The van der Waals surface area contributed by atoms with Gasteiger partial charge in [-0.3, -0.25) is 11.3 Å². The van der Waals surface area contributed by atoms with Gasteiger partial charge in [-0.05, 0) is 36.3 Å². The van der Waals surface area contributed by atoms with Crippen LogP contribution < -0.4 is 11.3 Å². The summed E-state index contributed by atoms with van der Waals surface area (Å²) >= 11 is 7.91. The van der Waals surface area contributed by atoms with Gasteiger partial charge in [0.1, 0.15) is 0 Å². The summed E-state index contributed by atoms with van der Waals surface area (Å²) in [6, 6.07) is 8.20. The van der Waals surface area contributed by atoms with Gasteiger partial charge in [-0.15, -0.1) is 0 Å². The van der Waals surface area contributed by atoms with Crippen molar-refractivity contribution in [3.8, 4) is 0 Å². The van der Waals surface area contributed by atoms with Gasteiger partial charge < -0.3 is 0 Å². The van der Waals surface area contributed by atoms with Gasteiger partial charge in [0, 0.05) is 10.3 Å². The molecule has 0 amide bonds. The van der Waals surface area contributed by atoms with Crippen molar-refractivity contribution < 1.29 is 0 Å². The number of nitrogens with two attached hydrogens (primary N) is 1.